The largest absolute Gasteiger partial charge is 0.481 e. The topological polar surface area (TPSA) is 92.2 Å². The molecule has 1 heterocycles. The van der Waals surface area contributed by atoms with Crippen molar-refractivity contribution < 1.29 is 9.90 Å². The van der Waals surface area contributed by atoms with E-state index in [9.17, 15) is 14.4 Å². The van der Waals surface area contributed by atoms with Crippen molar-refractivity contribution in [1.29, 1.82) is 0 Å². The van der Waals surface area contributed by atoms with E-state index in [1.807, 2.05) is 0 Å². The molecule has 0 saturated carbocycles. The summed E-state index contributed by atoms with van der Waals surface area (Å²) < 4.78 is 1.20. The maximum absolute atomic E-state index is 11.5. The molecule has 0 radical (unpaired) electrons. The zero-order valence-corrected chi connectivity index (χ0v) is 10.00. The van der Waals surface area contributed by atoms with Gasteiger partial charge in [0, 0.05) is 12.1 Å². The van der Waals surface area contributed by atoms with E-state index in [1.54, 1.807) is 24.3 Å². The first-order chi connectivity index (χ1) is 9.04. The van der Waals surface area contributed by atoms with Gasteiger partial charge in [-0.1, -0.05) is 24.3 Å². The summed E-state index contributed by atoms with van der Waals surface area (Å²) >= 11 is 0. The Morgan fingerprint density at radius 2 is 1.68 bits per heavy atom. The van der Waals surface area contributed by atoms with E-state index >= 15 is 0 Å². The number of carboxylic acid groups (broad SMARTS) is 1. The van der Waals surface area contributed by atoms with Crippen LogP contribution in [0.5, 0.6) is 0 Å². The van der Waals surface area contributed by atoms with Gasteiger partial charge in [0.15, 0.2) is 0 Å². The molecule has 6 heteroatoms. The summed E-state index contributed by atoms with van der Waals surface area (Å²) in [6.07, 6.45) is -0.0393. The Balaban J connectivity index is 2.19. The molecule has 0 spiro atoms. The number of nitrogens with zero attached hydrogens (tertiary/aromatic N) is 1. The van der Waals surface area contributed by atoms with Crippen LogP contribution in [0.4, 0.5) is 0 Å². The van der Waals surface area contributed by atoms with Crippen molar-refractivity contribution >= 4 is 5.97 Å². The molecule has 98 valence electrons. The van der Waals surface area contributed by atoms with E-state index in [2.05, 4.69) is 5.10 Å². The number of aromatic nitrogens is 2. The number of hydrogen-bond donors (Lipinski definition) is 2. The van der Waals surface area contributed by atoms with Gasteiger partial charge < -0.3 is 5.11 Å². The molecular weight excluding hydrogens is 248 g/mol. The van der Waals surface area contributed by atoms with Crippen LogP contribution in [0.25, 0.3) is 0 Å². The van der Waals surface area contributed by atoms with Gasteiger partial charge in [-0.15, -0.1) is 0 Å². The minimum absolute atomic E-state index is 0.0393. The van der Waals surface area contributed by atoms with E-state index < -0.39 is 5.97 Å². The summed E-state index contributed by atoms with van der Waals surface area (Å²) in [6.45, 7) is 0.238. The standard InChI is InChI=1S/C13H12N2O4/c16-11-5-6-12(17)15(14-11)8-10-3-1-9(2-4-10)7-13(18)19/h1-6H,7-8H2,(H,14,16)(H,18,19). The van der Waals surface area contributed by atoms with Crippen molar-refractivity contribution in [1.82, 2.24) is 9.78 Å². The lowest BCUT2D eigenvalue weighted by molar-refractivity contribution is -0.136. The molecule has 0 amide bonds. The van der Waals surface area contributed by atoms with E-state index in [1.165, 1.54) is 16.8 Å². The molecule has 0 unspecified atom stereocenters. The fourth-order valence-corrected chi connectivity index (χ4v) is 1.70. The van der Waals surface area contributed by atoms with Crippen LogP contribution in [0.15, 0.2) is 46.0 Å². The second kappa shape index (κ2) is 5.34. The third kappa shape index (κ3) is 3.41. The molecule has 0 aliphatic rings. The molecule has 2 rings (SSSR count). The van der Waals surface area contributed by atoms with Crippen LogP contribution in [-0.2, 0) is 17.8 Å². The van der Waals surface area contributed by atoms with Gasteiger partial charge in [-0.2, -0.15) is 0 Å². The van der Waals surface area contributed by atoms with Crippen LogP contribution >= 0.6 is 0 Å². The van der Waals surface area contributed by atoms with Crippen LogP contribution < -0.4 is 11.1 Å². The molecule has 0 saturated heterocycles. The smallest absolute Gasteiger partial charge is 0.307 e. The quantitative estimate of drug-likeness (QED) is 0.822. The molecule has 1 aromatic carbocycles. The molecule has 1 aromatic heterocycles. The number of hydrogen-bond acceptors (Lipinski definition) is 3. The van der Waals surface area contributed by atoms with E-state index in [0.29, 0.717) is 5.56 Å². The highest BCUT2D eigenvalue weighted by atomic mass is 16.4. The minimum Gasteiger partial charge on any atom is -0.481 e. The Morgan fingerprint density at radius 1 is 1.05 bits per heavy atom. The highest BCUT2D eigenvalue weighted by Gasteiger charge is 2.02. The van der Waals surface area contributed by atoms with E-state index in [-0.39, 0.29) is 24.1 Å². The molecule has 0 bridgehead atoms. The second-order valence-corrected chi connectivity index (χ2v) is 4.12. The van der Waals surface area contributed by atoms with Gasteiger partial charge >= 0.3 is 5.97 Å². The van der Waals surface area contributed by atoms with Crippen molar-refractivity contribution in [2.24, 2.45) is 0 Å². The molecule has 0 atom stereocenters. The number of aromatic amines is 1. The summed E-state index contributed by atoms with van der Waals surface area (Å²) in [5.41, 5.74) is 0.847. The Kier molecular flexibility index (Phi) is 3.61. The van der Waals surface area contributed by atoms with Crippen LogP contribution in [0, 0.1) is 0 Å². The van der Waals surface area contributed by atoms with Crippen molar-refractivity contribution in [3.05, 3.63) is 68.2 Å². The fourth-order valence-electron chi connectivity index (χ4n) is 1.70. The Morgan fingerprint density at radius 3 is 2.32 bits per heavy atom. The number of H-pyrrole nitrogens is 1. The molecule has 2 aromatic rings. The van der Waals surface area contributed by atoms with Gasteiger partial charge in [0.25, 0.3) is 11.1 Å². The number of rotatable bonds is 4. The van der Waals surface area contributed by atoms with Crippen LogP contribution in [-0.4, -0.2) is 20.9 Å². The Hall–Kier alpha value is -2.63. The maximum atomic E-state index is 11.5. The van der Waals surface area contributed by atoms with Gasteiger partial charge in [0.1, 0.15) is 0 Å². The highest BCUT2D eigenvalue weighted by molar-refractivity contribution is 5.70. The van der Waals surface area contributed by atoms with Gasteiger partial charge in [-0.3, -0.25) is 19.5 Å². The summed E-state index contributed by atoms with van der Waals surface area (Å²) in [5.74, 6) is -0.892. The third-order valence-corrected chi connectivity index (χ3v) is 2.61. The molecule has 19 heavy (non-hydrogen) atoms. The number of aliphatic carboxylic acids is 1. The average Bonchev–Trinajstić information content (AvgIpc) is 2.35. The minimum atomic E-state index is -0.892. The number of nitrogens with one attached hydrogen (secondary N) is 1. The lowest BCUT2D eigenvalue weighted by atomic mass is 10.1. The van der Waals surface area contributed by atoms with Gasteiger partial charge in [-0.25, -0.2) is 4.68 Å². The summed E-state index contributed by atoms with van der Waals surface area (Å²) in [7, 11) is 0. The van der Waals surface area contributed by atoms with Gasteiger partial charge in [0.2, 0.25) is 0 Å². The molecular formula is C13H12N2O4. The first kappa shape index (κ1) is 12.8. The number of carbonyl (C=O) groups is 1. The predicted octanol–water partition coefficient (Wildman–Crippen LogP) is 0.212. The predicted molar refractivity (Wildman–Crippen MR) is 68.2 cm³/mol. The Labute approximate surface area is 107 Å². The monoisotopic (exact) mass is 260 g/mol. The first-order valence-corrected chi connectivity index (χ1v) is 5.64. The van der Waals surface area contributed by atoms with Crippen molar-refractivity contribution in [3.8, 4) is 0 Å². The van der Waals surface area contributed by atoms with Crippen LogP contribution in [0.2, 0.25) is 0 Å². The highest BCUT2D eigenvalue weighted by Crippen LogP contribution is 2.05. The third-order valence-electron chi connectivity index (χ3n) is 2.61. The van der Waals surface area contributed by atoms with Gasteiger partial charge in [0.05, 0.1) is 13.0 Å². The molecule has 6 nitrogen and oxygen atoms in total. The summed E-state index contributed by atoms with van der Waals surface area (Å²) in [5, 5.41) is 11.1. The normalized spacial score (nSPS) is 10.3. The lowest BCUT2D eigenvalue weighted by Gasteiger charge is -2.05. The van der Waals surface area contributed by atoms with E-state index in [0.717, 1.165) is 5.56 Å². The summed E-state index contributed by atoms with van der Waals surface area (Å²) in [4.78, 5) is 33.2. The second-order valence-electron chi connectivity index (χ2n) is 4.12. The van der Waals surface area contributed by atoms with Crippen LogP contribution in [0.1, 0.15) is 11.1 Å². The zero-order valence-electron chi connectivity index (χ0n) is 10.00. The SMILES string of the molecule is O=C(O)Cc1ccc(Cn2[nH]c(=O)ccc2=O)cc1. The molecule has 2 N–H and O–H groups in total. The Bertz CT molecular complexity index is 698. The maximum Gasteiger partial charge on any atom is 0.307 e. The molecule has 0 aliphatic carbocycles. The summed E-state index contributed by atoms with van der Waals surface area (Å²) in [6, 6.07) is 9.23. The zero-order chi connectivity index (χ0) is 13.8. The average molecular weight is 260 g/mol. The molecule has 0 aliphatic heterocycles. The lowest BCUT2D eigenvalue weighted by Crippen LogP contribution is -2.28. The number of carboxylic acids is 1. The van der Waals surface area contributed by atoms with Crippen molar-refractivity contribution in [3.63, 3.8) is 0 Å². The van der Waals surface area contributed by atoms with Crippen LogP contribution in [0.3, 0.4) is 0 Å². The molecule has 0 fully saturated rings. The van der Waals surface area contributed by atoms with E-state index in [4.69, 9.17) is 5.11 Å². The first-order valence-electron chi connectivity index (χ1n) is 5.64. The van der Waals surface area contributed by atoms with Gasteiger partial charge in [-0.05, 0) is 11.1 Å². The number of benzene rings is 1. The fraction of sp³-hybridized carbons (Fsp3) is 0.154. The van der Waals surface area contributed by atoms with Crippen molar-refractivity contribution in [2.45, 2.75) is 13.0 Å². The van der Waals surface area contributed by atoms with Crippen molar-refractivity contribution in [2.75, 3.05) is 0 Å².